The number of carbonyl (C=O) groups excluding carboxylic acids is 1. The van der Waals surface area contributed by atoms with Crippen molar-refractivity contribution in [1.29, 1.82) is 0 Å². The van der Waals surface area contributed by atoms with Crippen molar-refractivity contribution >= 4 is 33.2 Å². The number of imidazole rings is 1. The summed E-state index contributed by atoms with van der Waals surface area (Å²) in [7, 11) is 1.90. The van der Waals surface area contributed by atoms with Crippen molar-refractivity contribution in [3.8, 4) is 0 Å². The normalized spacial score (nSPS) is 14.3. The lowest BCUT2D eigenvalue weighted by Gasteiger charge is -2.04. The SMILES string of the molecule is Cn1cc(Cc2cn3cc(NC(=O)C4CC4)ccc3n2)c(Br)n1. The van der Waals surface area contributed by atoms with Crippen LogP contribution in [0.3, 0.4) is 0 Å². The van der Waals surface area contributed by atoms with E-state index in [9.17, 15) is 4.79 Å². The van der Waals surface area contributed by atoms with Gasteiger partial charge in [0.1, 0.15) is 10.3 Å². The van der Waals surface area contributed by atoms with Gasteiger partial charge in [-0.15, -0.1) is 0 Å². The van der Waals surface area contributed by atoms with E-state index in [0.29, 0.717) is 6.42 Å². The van der Waals surface area contributed by atoms with Crippen LogP contribution in [-0.2, 0) is 18.3 Å². The van der Waals surface area contributed by atoms with Crippen LogP contribution < -0.4 is 5.32 Å². The van der Waals surface area contributed by atoms with Crippen molar-refractivity contribution < 1.29 is 4.79 Å². The molecule has 1 aliphatic rings. The molecule has 23 heavy (non-hydrogen) atoms. The number of carbonyl (C=O) groups is 1. The van der Waals surface area contributed by atoms with Crippen LogP contribution in [0.4, 0.5) is 5.69 Å². The predicted molar refractivity (Wildman–Crippen MR) is 90.3 cm³/mol. The van der Waals surface area contributed by atoms with Crippen LogP contribution in [-0.4, -0.2) is 25.1 Å². The van der Waals surface area contributed by atoms with Crippen molar-refractivity contribution in [2.45, 2.75) is 19.3 Å². The first-order valence-corrected chi connectivity index (χ1v) is 8.34. The summed E-state index contributed by atoms with van der Waals surface area (Å²) in [6.45, 7) is 0. The maximum absolute atomic E-state index is 11.8. The summed E-state index contributed by atoms with van der Waals surface area (Å²) in [5, 5.41) is 7.24. The number of anilines is 1. The third-order valence-corrected chi connectivity index (χ3v) is 4.61. The molecule has 4 rings (SSSR count). The predicted octanol–water partition coefficient (Wildman–Crippen LogP) is 2.77. The molecule has 6 nitrogen and oxygen atoms in total. The van der Waals surface area contributed by atoms with E-state index in [0.717, 1.165) is 40.0 Å². The minimum atomic E-state index is 0.115. The van der Waals surface area contributed by atoms with E-state index in [1.54, 1.807) is 4.68 Å². The van der Waals surface area contributed by atoms with Crippen molar-refractivity contribution in [3.63, 3.8) is 0 Å². The first-order chi connectivity index (χ1) is 11.1. The van der Waals surface area contributed by atoms with Gasteiger partial charge in [-0.2, -0.15) is 5.10 Å². The van der Waals surface area contributed by atoms with E-state index in [4.69, 9.17) is 0 Å². The second kappa shape index (κ2) is 5.49. The standard InChI is InChI=1S/C16H16BrN5O/c1-21-7-11(15(17)20-21)6-13-9-22-8-12(4-5-14(22)18-13)19-16(23)10-2-3-10/h4-5,7-10H,2-3,6H2,1H3,(H,19,23). The van der Waals surface area contributed by atoms with Gasteiger partial charge in [0.05, 0.1) is 11.4 Å². The zero-order chi connectivity index (χ0) is 16.0. The number of nitrogens with zero attached hydrogens (tertiary/aromatic N) is 4. The maximum atomic E-state index is 11.8. The molecular formula is C16H16BrN5O. The van der Waals surface area contributed by atoms with Gasteiger partial charge in [0.25, 0.3) is 0 Å². The maximum Gasteiger partial charge on any atom is 0.227 e. The molecule has 0 spiro atoms. The molecule has 1 amide bonds. The molecule has 1 aliphatic carbocycles. The molecule has 1 saturated carbocycles. The lowest BCUT2D eigenvalue weighted by Crippen LogP contribution is -2.13. The van der Waals surface area contributed by atoms with Gasteiger partial charge in [0.15, 0.2) is 0 Å². The number of amides is 1. The summed E-state index contributed by atoms with van der Waals surface area (Å²) >= 11 is 3.46. The van der Waals surface area contributed by atoms with E-state index in [1.807, 2.05) is 42.2 Å². The van der Waals surface area contributed by atoms with E-state index >= 15 is 0 Å². The van der Waals surface area contributed by atoms with Crippen LogP contribution in [0.5, 0.6) is 0 Å². The molecule has 0 bridgehead atoms. The molecule has 0 radical (unpaired) electrons. The van der Waals surface area contributed by atoms with E-state index in [1.165, 1.54) is 0 Å². The molecule has 1 fully saturated rings. The summed E-state index contributed by atoms with van der Waals surface area (Å²) in [6.07, 6.45) is 8.59. The highest BCUT2D eigenvalue weighted by molar-refractivity contribution is 9.10. The molecule has 0 aliphatic heterocycles. The Kier molecular flexibility index (Phi) is 3.45. The molecule has 7 heteroatoms. The molecule has 0 aromatic carbocycles. The quantitative estimate of drug-likeness (QED) is 0.764. The third-order valence-electron chi connectivity index (χ3n) is 3.94. The van der Waals surface area contributed by atoms with Crippen LogP contribution in [0.15, 0.2) is 35.3 Å². The van der Waals surface area contributed by atoms with Crippen LogP contribution in [0.2, 0.25) is 0 Å². The van der Waals surface area contributed by atoms with Gasteiger partial charge in [-0.3, -0.25) is 9.48 Å². The lowest BCUT2D eigenvalue weighted by atomic mass is 10.2. The zero-order valence-corrected chi connectivity index (χ0v) is 14.2. The minimum Gasteiger partial charge on any atom is -0.325 e. The van der Waals surface area contributed by atoms with Gasteiger partial charge >= 0.3 is 0 Å². The Morgan fingerprint density at radius 1 is 1.35 bits per heavy atom. The first-order valence-electron chi connectivity index (χ1n) is 7.55. The Bertz CT molecular complexity index is 893. The Labute approximate surface area is 141 Å². The Hall–Kier alpha value is -2.15. The Morgan fingerprint density at radius 3 is 2.87 bits per heavy atom. The number of fused-ring (bicyclic) bond motifs is 1. The molecule has 118 valence electrons. The Balaban J connectivity index is 1.57. The molecule has 0 saturated heterocycles. The van der Waals surface area contributed by atoms with Crippen LogP contribution >= 0.6 is 15.9 Å². The molecule has 3 aromatic rings. The second-order valence-electron chi connectivity index (χ2n) is 5.97. The van der Waals surface area contributed by atoms with Gasteiger partial charge in [-0.25, -0.2) is 4.98 Å². The summed E-state index contributed by atoms with van der Waals surface area (Å²) in [5.41, 5.74) is 3.73. The van der Waals surface area contributed by atoms with Gasteiger partial charge in [-0.1, -0.05) is 0 Å². The van der Waals surface area contributed by atoms with Crippen molar-refractivity contribution in [3.05, 3.63) is 46.6 Å². The summed E-state index contributed by atoms with van der Waals surface area (Å²) in [4.78, 5) is 16.5. The van der Waals surface area contributed by atoms with Gasteiger partial charge in [0.2, 0.25) is 5.91 Å². The molecule has 1 N–H and O–H groups in total. The smallest absolute Gasteiger partial charge is 0.227 e. The largest absolute Gasteiger partial charge is 0.325 e. The number of nitrogens with one attached hydrogen (secondary N) is 1. The van der Waals surface area contributed by atoms with E-state index in [-0.39, 0.29) is 11.8 Å². The average Bonchev–Trinajstić information content (AvgIpc) is 3.20. The fraction of sp³-hybridized carbons (Fsp3) is 0.312. The Morgan fingerprint density at radius 2 is 2.17 bits per heavy atom. The van der Waals surface area contributed by atoms with Gasteiger partial charge < -0.3 is 9.72 Å². The molecule has 0 atom stereocenters. The highest BCUT2D eigenvalue weighted by atomic mass is 79.9. The van der Waals surface area contributed by atoms with Crippen LogP contribution in [0.1, 0.15) is 24.1 Å². The van der Waals surface area contributed by atoms with Crippen molar-refractivity contribution in [2.24, 2.45) is 13.0 Å². The number of aromatic nitrogens is 4. The van der Waals surface area contributed by atoms with Crippen molar-refractivity contribution in [2.75, 3.05) is 5.32 Å². The summed E-state index contributed by atoms with van der Waals surface area (Å²) in [6, 6.07) is 3.82. The van der Waals surface area contributed by atoms with Gasteiger partial charge in [0, 0.05) is 43.5 Å². The number of hydrogen-bond donors (Lipinski definition) is 1. The van der Waals surface area contributed by atoms with Crippen molar-refractivity contribution in [1.82, 2.24) is 19.2 Å². The summed E-state index contributed by atoms with van der Waals surface area (Å²) < 4.78 is 4.57. The lowest BCUT2D eigenvalue weighted by molar-refractivity contribution is -0.117. The monoisotopic (exact) mass is 373 g/mol. The molecule has 3 heterocycles. The van der Waals surface area contributed by atoms with Crippen LogP contribution in [0, 0.1) is 5.92 Å². The fourth-order valence-electron chi connectivity index (χ4n) is 2.62. The number of halogens is 1. The number of hydrogen-bond acceptors (Lipinski definition) is 3. The highest BCUT2D eigenvalue weighted by Crippen LogP contribution is 2.30. The molecule has 0 unspecified atom stereocenters. The molecular weight excluding hydrogens is 358 g/mol. The van der Waals surface area contributed by atoms with E-state index < -0.39 is 0 Å². The van der Waals surface area contributed by atoms with E-state index in [2.05, 4.69) is 31.3 Å². The zero-order valence-electron chi connectivity index (χ0n) is 12.7. The molecule has 3 aromatic heterocycles. The first kappa shape index (κ1) is 14.4. The van der Waals surface area contributed by atoms with Gasteiger partial charge in [-0.05, 0) is 40.9 Å². The van der Waals surface area contributed by atoms with Crippen LogP contribution in [0.25, 0.3) is 5.65 Å². The number of aryl methyl sites for hydroxylation is 1. The highest BCUT2D eigenvalue weighted by Gasteiger charge is 2.29. The average molecular weight is 374 g/mol. The second-order valence-corrected chi connectivity index (χ2v) is 6.73. The summed E-state index contributed by atoms with van der Waals surface area (Å²) in [5.74, 6) is 0.316. The minimum absolute atomic E-state index is 0.115. The third kappa shape index (κ3) is 3.01. The number of pyridine rings is 1. The topological polar surface area (TPSA) is 64.2 Å². The number of rotatable bonds is 4. The fourth-order valence-corrected chi connectivity index (χ4v) is 3.11.